The SMILES string of the molecule is O=C(N[C@@H]1CC2CC[C@@H](C1)N2Cc1cccs1)c1ccc2cc[nH]c2c1. The van der Waals surface area contributed by atoms with Gasteiger partial charge in [-0.2, -0.15) is 0 Å². The van der Waals surface area contributed by atoms with E-state index in [1.165, 1.54) is 17.7 Å². The molecule has 134 valence electrons. The highest BCUT2D eigenvalue weighted by atomic mass is 32.1. The number of carbonyl (C=O) groups excluding carboxylic acids is 1. The van der Waals surface area contributed by atoms with Crippen LogP contribution in [0.4, 0.5) is 0 Å². The summed E-state index contributed by atoms with van der Waals surface area (Å²) in [5.74, 6) is 0.0533. The fraction of sp³-hybridized carbons (Fsp3) is 0.381. The highest BCUT2D eigenvalue weighted by molar-refractivity contribution is 7.09. The Morgan fingerprint density at radius 3 is 2.81 bits per heavy atom. The predicted molar refractivity (Wildman–Crippen MR) is 105 cm³/mol. The number of nitrogens with zero attached hydrogens (tertiary/aromatic N) is 1. The number of rotatable bonds is 4. The first-order chi connectivity index (χ1) is 12.8. The van der Waals surface area contributed by atoms with Crippen LogP contribution in [0.5, 0.6) is 0 Å². The Hall–Kier alpha value is -2.11. The standard InChI is InChI=1S/C21H23N3OS/c25-21(15-4-3-14-7-8-22-20(14)10-15)23-16-11-17-5-6-18(12-16)24(17)13-19-2-1-9-26-19/h1-4,7-10,16-18,22H,5-6,11-13H2,(H,23,25)/t16-,17-,18?/m0/s1. The average Bonchev–Trinajstić information content (AvgIpc) is 3.36. The number of carbonyl (C=O) groups is 1. The topological polar surface area (TPSA) is 48.1 Å². The Morgan fingerprint density at radius 1 is 1.19 bits per heavy atom. The van der Waals surface area contributed by atoms with Crippen LogP contribution in [0.1, 0.15) is 40.9 Å². The van der Waals surface area contributed by atoms with Gasteiger partial charge in [-0.25, -0.2) is 0 Å². The monoisotopic (exact) mass is 365 g/mol. The van der Waals surface area contributed by atoms with E-state index in [1.54, 1.807) is 0 Å². The van der Waals surface area contributed by atoms with Crippen molar-refractivity contribution in [3.05, 3.63) is 58.4 Å². The van der Waals surface area contributed by atoms with Crippen molar-refractivity contribution in [3.63, 3.8) is 0 Å². The number of thiophene rings is 1. The second kappa shape index (κ2) is 6.56. The molecule has 2 N–H and O–H groups in total. The normalized spacial score (nSPS) is 25.6. The number of benzene rings is 1. The summed E-state index contributed by atoms with van der Waals surface area (Å²) >= 11 is 1.84. The largest absolute Gasteiger partial charge is 0.361 e. The Balaban J connectivity index is 1.25. The zero-order chi connectivity index (χ0) is 17.5. The Labute approximate surface area is 157 Å². The summed E-state index contributed by atoms with van der Waals surface area (Å²) in [6.45, 7) is 1.07. The first-order valence-corrected chi connectivity index (χ1v) is 10.3. The maximum atomic E-state index is 12.7. The molecule has 5 heteroatoms. The quantitative estimate of drug-likeness (QED) is 0.729. The molecule has 3 atom stereocenters. The lowest BCUT2D eigenvalue weighted by Crippen LogP contribution is -2.49. The van der Waals surface area contributed by atoms with Gasteiger partial charge in [0.1, 0.15) is 0 Å². The number of aromatic nitrogens is 1. The molecule has 2 aliphatic heterocycles. The molecule has 0 saturated carbocycles. The highest BCUT2D eigenvalue weighted by Crippen LogP contribution is 2.37. The van der Waals surface area contributed by atoms with Gasteiger partial charge in [0.2, 0.25) is 0 Å². The molecular formula is C21H23N3OS. The van der Waals surface area contributed by atoms with Crippen LogP contribution in [-0.4, -0.2) is 33.9 Å². The molecular weight excluding hydrogens is 342 g/mol. The summed E-state index contributed by atoms with van der Waals surface area (Å²) in [4.78, 5) is 20.0. The molecule has 2 saturated heterocycles. The van der Waals surface area contributed by atoms with E-state index in [1.807, 2.05) is 41.8 Å². The van der Waals surface area contributed by atoms with Crippen molar-refractivity contribution in [1.29, 1.82) is 0 Å². The maximum Gasteiger partial charge on any atom is 0.251 e. The smallest absolute Gasteiger partial charge is 0.251 e. The Morgan fingerprint density at radius 2 is 2.04 bits per heavy atom. The van der Waals surface area contributed by atoms with Crippen molar-refractivity contribution >= 4 is 28.1 Å². The molecule has 1 unspecified atom stereocenters. The lowest BCUT2D eigenvalue weighted by atomic mass is 9.96. The molecule has 5 rings (SSSR count). The van der Waals surface area contributed by atoms with E-state index >= 15 is 0 Å². The molecule has 3 aromatic rings. The van der Waals surface area contributed by atoms with Crippen LogP contribution in [0.2, 0.25) is 0 Å². The van der Waals surface area contributed by atoms with Crippen LogP contribution in [0.3, 0.4) is 0 Å². The number of fused-ring (bicyclic) bond motifs is 3. The summed E-state index contributed by atoms with van der Waals surface area (Å²) in [5, 5.41) is 6.59. The molecule has 0 spiro atoms. The summed E-state index contributed by atoms with van der Waals surface area (Å²) in [6.07, 6.45) is 6.57. The molecule has 26 heavy (non-hydrogen) atoms. The van der Waals surface area contributed by atoms with Gasteiger partial charge in [-0.1, -0.05) is 12.1 Å². The number of amides is 1. The number of piperidine rings is 1. The van der Waals surface area contributed by atoms with Crippen LogP contribution < -0.4 is 5.32 Å². The summed E-state index contributed by atoms with van der Waals surface area (Å²) in [6, 6.07) is 13.8. The molecule has 2 bridgehead atoms. The summed E-state index contributed by atoms with van der Waals surface area (Å²) < 4.78 is 0. The van der Waals surface area contributed by atoms with Crippen molar-refractivity contribution in [3.8, 4) is 0 Å². The molecule has 0 radical (unpaired) electrons. The van der Waals surface area contributed by atoms with Crippen LogP contribution >= 0.6 is 11.3 Å². The number of H-pyrrole nitrogens is 1. The number of hydrogen-bond acceptors (Lipinski definition) is 3. The minimum atomic E-state index is 0.0533. The first kappa shape index (κ1) is 16.1. The van der Waals surface area contributed by atoms with E-state index in [0.717, 1.165) is 35.9 Å². The third-order valence-electron chi connectivity index (χ3n) is 5.96. The minimum absolute atomic E-state index is 0.0533. The van der Waals surface area contributed by atoms with E-state index in [4.69, 9.17) is 0 Å². The van der Waals surface area contributed by atoms with E-state index in [9.17, 15) is 4.79 Å². The van der Waals surface area contributed by atoms with Crippen LogP contribution in [0.25, 0.3) is 10.9 Å². The van der Waals surface area contributed by atoms with Gasteiger partial charge >= 0.3 is 0 Å². The van der Waals surface area contributed by atoms with Gasteiger partial charge in [0.15, 0.2) is 0 Å². The Kier molecular flexibility index (Phi) is 4.06. The maximum absolute atomic E-state index is 12.7. The van der Waals surface area contributed by atoms with E-state index in [2.05, 4.69) is 32.7 Å². The molecule has 4 heterocycles. The van der Waals surface area contributed by atoms with Crippen LogP contribution in [0.15, 0.2) is 48.0 Å². The number of aromatic amines is 1. The molecule has 4 nitrogen and oxygen atoms in total. The van der Waals surface area contributed by atoms with Gasteiger partial charge in [-0.15, -0.1) is 11.3 Å². The molecule has 1 aromatic carbocycles. The number of nitrogens with one attached hydrogen (secondary N) is 2. The molecule has 2 fully saturated rings. The third kappa shape index (κ3) is 2.95. The van der Waals surface area contributed by atoms with Crippen molar-refractivity contribution in [2.24, 2.45) is 0 Å². The average molecular weight is 366 g/mol. The van der Waals surface area contributed by atoms with E-state index in [-0.39, 0.29) is 5.91 Å². The van der Waals surface area contributed by atoms with Gasteiger partial charge < -0.3 is 10.3 Å². The minimum Gasteiger partial charge on any atom is -0.361 e. The lowest BCUT2D eigenvalue weighted by Gasteiger charge is -2.39. The molecule has 2 aliphatic rings. The second-order valence-corrected chi connectivity index (χ2v) is 8.59. The highest BCUT2D eigenvalue weighted by Gasteiger charge is 2.41. The molecule has 0 aliphatic carbocycles. The zero-order valence-corrected chi connectivity index (χ0v) is 15.5. The third-order valence-corrected chi connectivity index (χ3v) is 6.82. The van der Waals surface area contributed by atoms with Gasteiger partial charge in [0.05, 0.1) is 0 Å². The van der Waals surface area contributed by atoms with Crippen LogP contribution in [0, 0.1) is 0 Å². The summed E-state index contributed by atoms with van der Waals surface area (Å²) in [7, 11) is 0. The second-order valence-electron chi connectivity index (χ2n) is 7.56. The zero-order valence-electron chi connectivity index (χ0n) is 14.7. The predicted octanol–water partition coefficient (Wildman–Crippen LogP) is 4.15. The van der Waals surface area contributed by atoms with Gasteiger partial charge in [0, 0.05) is 46.8 Å². The van der Waals surface area contributed by atoms with Gasteiger partial charge in [-0.3, -0.25) is 9.69 Å². The van der Waals surface area contributed by atoms with Crippen molar-refractivity contribution in [2.75, 3.05) is 0 Å². The summed E-state index contributed by atoms with van der Waals surface area (Å²) in [5.41, 5.74) is 1.76. The van der Waals surface area contributed by atoms with Crippen LogP contribution in [-0.2, 0) is 6.54 Å². The van der Waals surface area contributed by atoms with Gasteiger partial charge in [0.25, 0.3) is 5.91 Å². The fourth-order valence-corrected chi connectivity index (χ4v) is 5.40. The van der Waals surface area contributed by atoms with Crippen molar-refractivity contribution in [1.82, 2.24) is 15.2 Å². The number of hydrogen-bond donors (Lipinski definition) is 2. The van der Waals surface area contributed by atoms with Crippen molar-refractivity contribution in [2.45, 2.75) is 50.4 Å². The first-order valence-electron chi connectivity index (χ1n) is 9.42. The Bertz CT molecular complexity index is 902. The van der Waals surface area contributed by atoms with Crippen molar-refractivity contribution < 1.29 is 4.79 Å². The molecule has 2 aromatic heterocycles. The lowest BCUT2D eigenvalue weighted by molar-refractivity contribution is 0.0830. The fourth-order valence-electron chi connectivity index (χ4n) is 4.69. The van der Waals surface area contributed by atoms with E-state index in [0.29, 0.717) is 18.1 Å². The molecule has 1 amide bonds. The van der Waals surface area contributed by atoms with Gasteiger partial charge in [-0.05, 0) is 60.7 Å². The van der Waals surface area contributed by atoms with E-state index < -0.39 is 0 Å².